The number of amides is 1. The Hall–Kier alpha value is -1.76. The Labute approximate surface area is 131 Å². The van der Waals surface area contributed by atoms with Crippen LogP contribution in [0.15, 0.2) is 24.3 Å². The third-order valence-electron chi connectivity index (χ3n) is 4.26. The number of ether oxygens (including phenoxy) is 1. The quantitative estimate of drug-likeness (QED) is 0.873. The van der Waals surface area contributed by atoms with Crippen LogP contribution in [0.2, 0.25) is 0 Å². The van der Waals surface area contributed by atoms with Gasteiger partial charge in [0, 0.05) is 18.5 Å². The van der Waals surface area contributed by atoms with Gasteiger partial charge in [0.1, 0.15) is 5.75 Å². The lowest BCUT2D eigenvalue weighted by atomic mass is 10.1. The molecule has 1 aromatic rings. The summed E-state index contributed by atoms with van der Waals surface area (Å²) < 4.78 is 40.2. The third kappa shape index (κ3) is 3.96. The minimum absolute atomic E-state index is 0.0437. The second kappa shape index (κ2) is 6.03. The molecule has 2 atom stereocenters. The summed E-state index contributed by atoms with van der Waals surface area (Å²) in [7, 11) is 0. The van der Waals surface area contributed by atoms with Crippen molar-refractivity contribution in [3.63, 3.8) is 0 Å². The van der Waals surface area contributed by atoms with E-state index in [4.69, 9.17) is 5.11 Å². The second-order valence-electron chi connectivity index (χ2n) is 6.05. The fraction of sp³-hybridized carbons (Fsp3) is 0.562. The first kappa shape index (κ1) is 16.1. The van der Waals surface area contributed by atoms with Gasteiger partial charge in [-0.05, 0) is 42.9 Å². The Morgan fingerprint density at radius 3 is 2.43 bits per heavy atom. The predicted molar refractivity (Wildman–Crippen MR) is 75.8 cm³/mol. The summed E-state index contributed by atoms with van der Waals surface area (Å²) in [5.41, 5.74) is 0.845. The molecule has 1 amide bonds. The molecule has 0 bridgehead atoms. The number of carbonyl (C=O) groups excluding carboxylic acids is 1. The molecule has 0 heterocycles. The molecule has 23 heavy (non-hydrogen) atoms. The number of carbonyl (C=O) groups is 1. The van der Waals surface area contributed by atoms with Crippen molar-refractivity contribution in [2.24, 2.45) is 5.92 Å². The van der Waals surface area contributed by atoms with Gasteiger partial charge >= 0.3 is 6.36 Å². The van der Waals surface area contributed by atoms with Crippen molar-refractivity contribution >= 4 is 5.91 Å². The number of hydrogen-bond donors (Lipinski definition) is 1. The van der Waals surface area contributed by atoms with Crippen LogP contribution < -0.4 is 4.74 Å². The first-order chi connectivity index (χ1) is 10.9. The summed E-state index contributed by atoms with van der Waals surface area (Å²) in [5.74, 6) is -0.300. The lowest BCUT2D eigenvalue weighted by molar-refractivity contribution is -0.274. The maximum atomic E-state index is 12.5. The van der Waals surface area contributed by atoms with Gasteiger partial charge in [-0.1, -0.05) is 12.1 Å². The maximum Gasteiger partial charge on any atom is 0.573 e. The van der Waals surface area contributed by atoms with E-state index in [1.807, 2.05) is 0 Å². The highest BCUT2D eigenvalue weighted by Gasteiger charge is 2.48. The molecule has 2 unspecified atom stereocenters. The van der Waals surface area contributed by atoms with Gasteiger partial charge in [-0.3, -0.25) is 4.79 Å². The van der Waals surface area contributed by atoms with Crippen LogP contribution in [0.1, 0.15) is 30.7 Å². The summed E-state index contributed by atoms with van der Waals surface area (Å²) in [6, 6.07) is 5.95. The van der Waals surface area contributed by atoms with Crippen LogP contribution in [0, 0.1) is 5.92 Å². The topological polar surface area (TPSA) is 49.8 Å². The minimum Gasteiger partial charge on any atom is -0.406 e. The molecule has 126 valence electrons. The Morgan fingerprint density at radius 2 is 1.91 bits per heavy atom. The van der Waals surface area contributed by atoms with Crippen LogP contribution in [-0.2, 0) is 4.79 Å². The molecule has 1 aromatic carbocycles. The van der Waals surface area contributed by atoms with E-state index in [-0.39, 0.29) is 36.1 Å². The van der Waals surface area contributed by atoms with Crippen molar-refractivity contribution < 1.29 is 27.8 Å². The van der Waals surface area contributed by atoms with Crippen LogP contribution in [0.3, 0.4) is 0 Å². The molecule has 2 aliphatic carbocycles. The SMILES string of the molecule is O=C(C1CC1c1ccc(OC(F)(F)F)cc1)N(CCO)C1CC1. The highest BCUT2D eigenvalue weighted by Crippen LogP contribution is 2.49. The molecule has 7 heteroatoms. The van der Waals surface area contributed by atoms with Crippen molar-refractivity contribution in [1.82, 2.24) is 4.90 Å². The maximum absolute atomic E-state index is 12.5. The number of aliphatic hydroxyl groups is 1. The first-order valence-electron chi connectivity index (χ1n) is 7.66. The second-order valence-corrected chi connectivity index (χ2v) is 6.05. The van der Waals surface area contributed by atoms with E-state index in [1.54, 1.807) is 17.0 Å². The lowest BCUT2D eigenvalue weighted by Crippen LogP contribution is -2.36. The smallest absolute Gasteiger partial charge is 0.406 e. The van der Waals surface area contributed by atoms with E-state index in [0.717, 1.165) is 18.4 Å². The summed E-state index contributed by atoms with van der Waals surface area (Å²) in [6.07, 6.45) is -2.04. The zero-order chi connectivity index (χ0) is 16.6. The van der Waals surface area contributed by atoms with E-state index < -0.39 is 6.36 Å². The molecule has 0 spiro atoms. The molecular weight excluding hydrogens is 311 g/mol. The van der Waals surface area contributed by atoms with Crippen molar-refractivity contribution in [2.45, 2.75) is 37.6 Å². The van der Waals surface area contributed by atoms with Crippen LogP contribution >= 0.6 is 0 Å². The Bertz CT molecular complexity index is 569. The summed E-state index contributed by atoms with van der Waals surface area (Å²) >= 11 is 0. The molecule has 4 nitrogen and oxygen atoms in total. The van der Waals surface area contributed by atoms with Gasteiger partial charge in [0.05, 0.1) is 6.61 Å². The molecule has 3 rings (SSSR count). The number of nitrogens with zero attached hydrogens (tertiary/aromatic N) is 1. The number of alkyl halides is 3. The van der Waals surface area contributed by atoms with E-state index in [9.17, 15) is 18.0 Å². The highest BCUT2D eigenvalue weighted by molar-refractivity contribution is 5.83. The number of halogens is 3. The molecule has 0 aliphatic heterocycles. The van der Waals surface area contributed by atoms with Crippen LogP contribution in [0.4, 0.5) is 13.2 Å². The van der Waals surface area contributed by atoms with E-state index in [2.05, 4.69) is 4.74 Å². The average molecular weight is 329 g/mol. The summed E-state index contributed by atoms with van der Waals surface area (Å²) in [5, 5.41) is 9.07. The zero-order valence-electron chi connectivity index (χ0n) is 12.4. The van der Waals surface area contributed by atoms with Crippen LogP contribution in [-0.4, -0.2) is 41.5 Å². The Morgan fingerprint density at radius 1 is 1.26 bits per heavy atom. The van der Waals surface area contributed by atoms with Gasteiger partial charge in [-0.2, -0.15) is 0 Å². The molecule has 2 aliphatic rings. The molecule has 0 aromatic heterocycles. The van der Waals surface area contributed by atoms with E-state index in [0.29, 0.717) is 13.0 Å². The molecule has 2 fully saturated rings. The Balaban J connectivity index is 1.60. The van der Waals surface area contributed by atoms with Crippen molar-refractivity contribution in [1.29, 1.82) is 0 Å². The summed E-state index contributed by atoms with van der Waals surface area (Å²) in [6.45, 7) is 0.300. The first-order valence-corrected chi connectivity index (χ1v) is 7.66. The van der Waals surface area contributed by atoms with Crippen molar-refractivity contribution in [3.8, 4) is 5.75 Å². The summed E-state index contributed by atoms with van der Waals surface area (Å²) in [4.78, 5) is 14.2. The van der Waals surface area contributed by atoms with Gasteiger partial charge < -0.3 is 14.7 Å². The van der Waals surface area contributed by atoms with Crippen LogP contribution in [0.5, 0.6) is 5.75 Å². The number of hydrogen-bond acceptors (Lipinski definition) is 3. The molecule has 1 N–H and O–H groups in total. The van der Waals surface area contributed by atoms with E-state index in [1.165, 1.54) is 12.1 Å². The monoisotopic (exact) mass is 329 g/mol. The molecule has 0 radical (unpaired) electrons. The Kier molecular flexibility index (Phi) is 4.23. The fourth-order valence-electron chi connectivity index (χ4n) is 2.93. The zero-order valence-corrected chi connectivity index (χ0v) is 12.4. The average Bonchev–Trinajstić information content (AvgIpc) is 3.36. The molecule has 2 saturated carbocycles. The lowest BCUT2D eigenvalue weighted by Gasteiger charge is -2.21. The van der Waals surface area contributed by atoms with Crippen molar-refractivity contribution in [2.75, 3.05) is 13.2 Å². The van der Waals surface area contributed by atoms with E-state index >= 15 is 0 Å². The van der Waals surface area contributed by atoms with Gasteiger partial charge in [0.15, 0.2) is 0 Å². The van der Waals surface area contributed by atoms with Gasteiger partial charge in [0.25, 0.3) is 0 Å². The van der Waals surface area contributed by atoms with Crippen LogP contribution in [0.25, 0.3) is 0 Å². The third-order valence-corrected chi connectivity index (χ3v) is 4.26. The number of aliphatic hydroxyl groups excluding tert-OH is 1. The standard InChI is InChI=1S/C16H18F3NO3/c17-16(18,19)23-12-5-1-10(2-6-12)13-9-14(13)15(22)20(7-8-21)11-3-4-11/h1-2,5-6,11,13-14,21H,3-4,7-9H2. The van der Waals surface area contributed by atoms with Crippen molar-refractivity contribution in [3.05, 3.63) is 29.8 Å². The van der Waals surface area contributed by atoms with Gasteiger partial charge in [0.2, 0.25) is 5.91 Å². The predicted octanol–water partition coefficient (Wildman–Crippen LogP) is 2.67. The molecular formula is C16H18F3NO3. The minimum atomic E-state index is -4.70. The highest BCUT2D eigenvalue weighted by atomic mass is 19.4. The molecule has 0 saturated heterocycles. The van der Waals surface area contributed by atoms with Gasteiger partial charge in [-0.25, -0.2) is 0 Å². The largest absolute Gasteiger partial charge is 0.573 e. The number of rotatable bonds is 6. The number of benzene rings is 1. The fourth-order valence-corrected chi connectivity index (χ4v) is 2.93. The normalized spacial score (nSPS) is 23.5. The van der Waals surface area contributed by atoms with Gasteiger partial charge in [-0.15, -0.1) is 13.2 Å².